The molecule has 0 amide bonds. The summed E-state index contributed by atoms with van der Waals surface area (Å²) in [5.74, 6) is 1.01. The van der Waals surface area contributed by atoms with E-state index in [4.69, 9.17) is 21.1 Å². The van der Waals surface area contributed by atoms with Gasteiger partial charge >= 0.3 is 0 Å². The molecule has 0 fully saturated rings. The zero-order valence-corrected chi connectivity index (χ0v) is 13.9. The number of aromatic nitrogens is 2. The van der Waals surface area contributed by atoms with Crippen LogP contribution in [0.4, 0.5) is 0 Å². The number of furan rings is 1. The summed E-state index contributed by atoms with van der Waals surface area (Å²) in [6.07, 6.45) is 4.88. The van der Waals surface area contributed by atoms with Crippen molar-refractivity contribution in [2.75, 3.05) is 13.1 Å². The number of hydrogen-bond donors (Lipinski definition) is 0. The second-order valence-electron chi connectivity index (χ2n) is 5.71. The molecule has 122 valence electrons. The maximum atomic E-state index is 5.52. The van der Waals surface area contributed by atoms with Gasteiger partial charge in [-0.3, -0.25) is 4.90 Å². The van der Waals surface area contributed by atoms with Gasteiger partial charge in [0.05, 0.1) is 12.9 Å². The quantitative estimate of drug-likeness (QED) is 0.666. The molecule has 2 aromatic heterocycles. The van der Waals surface area contributed by atoms with E-state index in [2.05, 4.69) is 40.3 Å². The molecular weight excluding hydrogens is 322 g/mol. The second kappa shape index (κ2) is 6.59. The van der Waals surface area contributed by atoms with Gasteiger partial charge in [-0.2, -0.15) is 0 Å². The largest absolute Gasteiger partial charge is 0.459 e. The van der Waals surface area contributed by atoms with E-state index in [-0.39, 0.29) is 0 Å². The molecule has 0 atom stereocenters. The van der Waals surface area contributed by atoms with Crippen molar-refractivity contribution in [3.63, 3.8) is 0 Å². The van der Waals surface area contributed by atoms with Crippen molar-refractivity contribution >= 4 is 17.8 Å². The summed E-state index contributed by atoms with van der Waals surface area (Å²) in [6.45, 7) is 2.45. The SMILES string of the molecule is S=c1oc(-c2ccco2)nn1CN1CC=C(c2ccccc2)CC1. The minimum Gasteiger partial charge on any atom is -0.459 e. The van der Waals surface area contributed by atoms with Gasteiger partial charge in [0.1, 0.15) is 0 Å². The Morgan fingerprint density at radius 2 is 2.00 bits per heavy atom. The molecule has 3 heterocycles. The number of rotatable bonds is 4. The molecule has 3 aromatic rings. The van der Waals surface area contributed by atoms with Gasteiger partial charge < -0.3 is 8.83 Å². The van der Waals surface area contributed by atoms with E-state index in [1.54, 1.807) is 23.1 Å². The minimum absolute atomic E-state index is 0.360. The van der Waals surface area contributed by atoms with Crippen LogP contribution in [-0.2, 0) is 6.67 Å². The summed E-state index contributed by atoms with van der Waals surface area (Å²) in [5, 5.41) is 4.41. The molecular formula is C18H17N3O2S. The zero-order valence-electron chi connectivity index (χ0n) is 13.1. The number of benzene rings is 1. The van der Waals surface area contributed by atoms with Gasteiger partial charge in [-0.15, -0.1) is 5.10 Å². The molecule has 0 aliphatic carbocycles. The van der Waals surface area contributed by atoms with Crippen molar-refractivity contribution in [3.8, 4) is 11.7 Å². The molecule has 0 N–H and O–H groups in total. The first-order valence-electron chi connectivity index (χ1n) is 7.88. The van der Waals surface area contributed by atoms with Gasteiger partial charge in [-0.1, -0.05) is 36.4 Å². The summed E-state index contributed by atoms with van der Waals surface area (Å²) in [4.78, 5) is 2.65. The fraction of sp³-hybridized carbons (Fsp3) is 0.222. The predicted molar refractivity (Wildman–Crippen MR) is 93.6 cm³/mol. The predicted octanol–water partition coefficient (Wildman–Crippen LogP) is 4.21. The molecule has 0 spiro atoms. The molecule has 0 unspecified atom stereocenters. The van der Waals surface area contributed by atoms with Gasteiger partial charge in [0.2, 0.25) is 0 Å². The van der Waals surface area contributed by atoms with Gasteiger partial charge in [0, 0.05) is 13.1 Å². The molecule has 5 nitrogen and oxygen atoms in total. The Labute approximate surface area is 144 Å². The second-order valence-corrected chi connectivity index (χ2v) is 6.06. The lowest BCUT2D eigenvalue weighted by Gasteiger charge is -2.25. The molecule has 24 heavy (non-hydrogen) atoms. The van der Waals surface area contributed by atoms with E-state index in [1.165, 1.54) is 11.1 Å². The van der Waals surface area contributed by atoms with E-state index >= 15 is 0 Å². The Kier molecular flexibility index (Phi) is 4.15. The Morgan fingerprint density at radius 3 is 2.71 bits per heavy atom. The monoisotopic (exact) mass is 339 g/mol. The summed E-state index contributed by atoms with van der Waals surface area (Å²) in [6, 6.07) is 14.1. The summed E-state index contributed by atoms with van der Waals surface area (Å²) in [5.41, 5.74) is 2.70. The van der Waals surface area contributed by atoms with Gasteiger partial charge in [0.25, 0.3) is 10.7 Å². The number of hydrogen-bond acceptors (Lipinski definition) is 5. The van der Waals surface area contributed by atoms with Crippen LogP contribution in [0, 0.1) is 4.84 Å². The van der Waals surface area contributed by atoms with Crippen LogP contribution in [0.2, 0.25) is 0 Å². The first-order valence-corrected chi connectivity index (χ1v) is 8.29. The smallest absolute Gasteiger partial charge is 0.288 e. The summed E-state index contributed by atoms with van der Waals surface area (Å²) in [7, 11) is 0. The van der Waals surface area contributed by atoms with Crippen molar-refractivity contribution in [1.82, 2.24) is 14.7 Å². The van der Waals surface area contributed by atoms with E-state index < -0.39 is 0 Å². The van der Waals surface area contributed by atoms with E-state index in [0.717, 1.165) is 19.5 Å². The lowest BCUT2D eigenvalue weighted by Crippen LogP contribution is -2.31. The maximum Gasteiger partial charge on any atom is 0.288 e. The van der Waals surface area contributed by atoms with Gasteiger partial charge in [0.15, 0.2) is 5.76 Å². The van der Waals surface area contributed by atoms with Gasteiger partial charge in [-0.25, -0.2) is 4.68 Å². The lowest BCUT2D eigenvalue weighted by atomic mass is 10.00. The first kappa shape index (κ1) is 15.1. The third-order valence-electron chi connectivity index (χ3n) is 4.11. The molecule has 6 heteroatoms. The van der Waals surface area contributed by atoms with Crippen LogP contribution in [0.1, 0.15) is 12.0 Å². The lowest BCUT2D eigenvalue weighted by molar-refractivity contribution is 0.223. The van der Waals surface area contributed by atoms with Crippen LogP contribution in [-0.4, -0.2) is 27.8 Å². The minimum atomic E-state index is 0.360. The van der Waals surface area contributed by atoms with E-state index in [1.807, 2.05) is 6.07 Å². The van der Waals surface area contributed by atoms with Crippen LogP contribution in [0.25, 0.3) is 17.2 Å². The Bertz CT molecular complexity index is 894. The van der Waals surface area contributed by atoms with Crippen molar-refractivity contribution in [1.29, 1.82) is 0 Å². The maximum absolute atomic E-state index is 5.52. The zero-order chi connectivity index (χ0) is 16.4. The fourth-order valence-corrected chi connectivity index (χ4v) is 3.02. The first-order chi connectivity index (χ1) is 11.8. The molecule has 1 aliphatic rings. The van der Waals surface area contributed by atoms with Crippen LogP contribution in [0.5, 0.6) is 0 Å². The molecule has 1 aromatic carbocycles. The van der Waals surface area contributed by atoms with Crippen LogP contribution in [0.15, 0.2) is 63.6 Å². The Hall–Kier alpha value is -2.44. The van der Waals surface area contributed by atoms with E-state index in [0.29, 0.717) is 23.2 Å². The molecule has 0 bridgehead atoms. The highest BCUT2D eigenvalue weighted by atomic mass is 32.1. The average Bonchev–Trinajstić information content (AvgIpc) is 3.27. The van der Waals surface area contributed by atoms with Crippen molar-refractivity contribution < 1.29 is 8.83 Å². The van der Waals surface area contributed by atoms with Gasteiger partial charge in [-0.05, 0) is 41.9 Å². The van der Waals surface area contributed by atoms with Crippen molar-refractivity contribution in [2.45, 2.75) is 13.1 Å². The average molecular weight is 339 g/mol. The molecule has 0 radical (unpaired) electrons. The third kappa shape index (κ3) is 3.11. The van der Waals surface area contributed by atoms with Crippen LogP contribution >= 0.6 is 12.2 Å². The summed E-state index contributed by atoms with van der Waals surface area (Å²) < 4.78 is 12.5. The molecule has 1 aliphatic heterocycles. The Morgan fingerprint density at radius 1 is 1.12 bits per heavy atom. The Balaban J connectivity index is 1.46. The highest BCUT2D eigenvalue weighted by molar-refractivity contribution is 7.71. The standard InChI is InChI=1S/C18H17N3O2S/c24-18-21(19-17(23-18)16-7-4-12-22-16)13-20-10-8-15(9-11-20)14-5-2-1-3-6-14/h1-8,12H,9-11,13H2. The fourth-order valence-electron chi connectivity index (χ4n) is 2.84. The van der Waals surface area contributed by atoms with Crippen LogP contribution in [0.3, 0.4) is 0 Å². The summed E-state index contributed by atoms with van der Waals surface area (Å²) >= 11 is 5.27. The van der Waals surface area contributed by atoms with Crippen molar-refractivity contribution in [2.24, 2.45) is 0 Å². The highest BCUT2D eigenvalue weighted by Gasteiger charge is 2.16. The third-order valence-corrected chi connectivity index (χ3v) is 4.40. The molecule has 4 rings (SSSR count). The highest BCUT2D eigenvalue weighted by Crippen LogP contribution is 2.23. The topological polar surface area (TPSA) is 47.3 Å². The van der Waals surface area contributed by atoms with Crippen molar-refractivity contribution in [3.05, 3.63) is 65.2 Å². The normalized spacial score (nSPS) is 15.4. The molecule has 0 saturated heterocycles. The van der Waals surface area contributed by atoms with E-state index in [9.17, 15) is 0 Å². The van der Waals surface area contributed by atoms with Crippen LogP contribution < -0.4 is 0 Å². The number of nitrogens with zero attached hydrogens (tertiary/aromatic N) is 3. The molecule has 0 saturated carbocycles.